The molecular weight excluding hydrogens is 254 g/mol. The van der Waals surface area contributed by atoms with Crippen molar-refractivity contribution in [2.24, 2.45) is 17.8 Å². The minimum atomic E-state index is -0.459. The summed E-state index contributed by atoms with van der Waals surface area (Å²) in [6.07, 6.45) is 0. The van der Waals surface area contributed by atoms with Gasteiger partial charge in [-0.1, -0.05) is 27.7 Å². The van der Waals surface area contributed by atoms with Gasteiger partial charge >= 0.3 is 5.76 Å². The highest BCUT2D eigenvalue weighted by Crippen LogP contribution is 2.26. The fourth-order valence-corrected chi connectivity index (χ4v) is 2.64. The van der Waals surface area contributed by atoms with E-state index < -0.39 is 5.76 Å². The quantitative estimate of drug-likeness (QED) is 0.733. The van der Waals surface area contributed by atoms with Crippen LogP contribution < -0.4 is 16.8 Å². The van der Waals surface area contributed by atoms with Gasteiger partial charge in [0.2, 0.25) is 0 Å². The summed E-state index contributed by atoms with van der Waals surface area (Å²) < 4.78 is 4.99. The number of fused-ring (bicyclic) bond motifs is 1. The van der Waals surface area contributed by atoms with Crippen molar-refractivity contribution in [1.29, 1.82) is 0 Å². The van der Waals surface area contributed by atoms with E-state index >= 15 is 0 Å². The van der Waals surface area contributed by atoms with Crippen LogP contribution in [0.2, 0.25) is 0 Å². The molecule has 110 valence electrons. The molecule has 2 aromatic rings. The van der Waals surface area contributed by atoms with Gasteiger partial charge in [-0.05, 0) is 23.8 Å². The minimum absolute atomic E-state index is 0.459. The molecule has 1 aromatic carbocycles. The van der Waals surface area contributed by atoms with Crippen molar-refractivity contribution in [3.05, 3.63) is 22.7 Å². The van der Waals surface area contributed by atoms with Crippen molar-refractivity contribution in [1.82, 2.24) is 4.98 Å². The molecule has 0 amide bonds. The van der Waals surface area contributed by atoms with Crippen molar-refractivity contribution >= 4 is 22.5 Å². The summed E-state index contributed by atoms with van der Waals surface area (Å²) in [6, 6.07) is 3.50. The first-order valence-corrected chi connectivity index (χ1v) is 7.04. The Bertz CT molecular complexity index is 632. The second-order valence-electron chi connectivity index (χ2n) is 5.98. The van der Waals surface area contributed by atoms with Crippen LogP contribution in [0.25, 0.3) is 11.1 Å². The Morgan fingerprint density at radius 3 is 2.50 bits per heavy atom. The maximum atomic E-state index is 11.2. The highest BCUT2D eigenvalue weighted by atomic mass is 16.4. The normalized spacial score (nSPS) is 11.9. The number of oxazole rings is 1. The van der Waals surface area contributed by atoms with Gasteiger partial charge < -0.3 is 15.5 Å². The fraction of sp³-hybridized carbons (Fsp3) is 0.533. The Hall–Kier alpha value is -1.91. The Balaban J connectivity index is 2.20. The molecule has 4 N–H and O–H groups in total. The maximum absolute atomic E-state index is 11.2. The lowest BCUT2D eigenvalue weighted by molar-refractivity contribution is 0.304. The Morgan fingerprint density at radius 2 is 1.90 bits per heavy atom. The van der Waals surface area contributed by atoms with E-state index in [0.29, 0.717) is 34.5 Å². The maximum Gasteiger partial charge on any atom is 0.417 e. The molecule has 1 heterocycles. The van der Waals surface area contributed by atoms with E-state index in [1.165, 1.54) is 0 Å². The topological polar surface area (TPSA) is 84.0 Å². The SMILES string of the molecule is CC(C)C(CNc1cc2[nH]c(=O)oc2cc1N)C(C)C. The van der Waals surface area contributed by atoms with E-state index in [9.17, 15) is 4.79 Å². The number of aromatic amines is 1. The van der Waals surface area contributed by atoms with Crippen LogP contribution in [0, 0.1) is 17.8 Å². The zero-order chi connectivity index (χ0) is 14.9. The molecule has 0 radical (unpaired) electrons. The molecule has 0 saturated carbocycles. The molecule has 0 bridgehead atoms. The van der Waals surface area contributed by atoms with E-state index in [1.54, 1.807) is 6.07 Å². The molecule has 5 heteroatoms. The van der Waals surface area contributed by atoms with Gasteiger partial charge in [0, 0.05) is 12.6 Å². The lowest BCUT2D eigenvalue weighted by Gasteiger charge is -2.25. The molecule has 0 aliphatic heterocycles. The molecule has 1 aromatic heterocycles. The van der Waals surface area contributed by atoms with Crippen LogP contribution in [0.4, 0.5) is 11.4 Å². The van der Waals surface area contributed by atoms with Crippen LogP contribution in [-0.2, 0) is 0 Å². The van der Waals surface area contributed by atoms with Gasteiger partial charge in [0.05, 0.1) is 16.9 Å². The summed E-state index contributed by atoms with van der Waals surface area (Å²) in [5.74, 6) is 1.30. The second-order valence-corrected chi connectivity index (χ2v) is 5.98. The molecule has 0 aliphatic rings. The van der Waals surface area contributed by atoms with Gasteiger partial charge in [-0.15, -0.1) is 0 Å². The van der Waals surface area contributed by atoms with Gasteiger partial charge in [0.1, 0.15) is 0 Å². The van der Waals surface area contributed by atoms with Gasteiger partial charge in [-0.25, -0.2) is 4.79 Å². The summed E-state index contributed by atoms with van der Waals surface area (Å²) >= 11 is 0. The van der Waals surface area contributed by atoms with Gasteiger partial charge in [-0.3, -0.25) is 4.98 Å². The number of aromatic nitrogens is 1. The van der Waals surface area contributed by atoms with Crippen molar-refractivity contribution in [3.8, 4) is 0 Å². The van der Waals surface area contributed by atoms with Crippen LogP contribution in [0.5, 0.6) is 0 Å². The molecular formula is C15H23N3O2. The van der Waals surface area contributed by atoms with E-state index in [2.05, 4.69) is 38.0 Å². The number of benzene rings is 1. The first-order valence-electron chi connectivity index (χ1n) is 7.04. The third-order valence-electron chi connectivity index (χ3n) is 3.83. The number of nitrogen functional groups attached to an aromatic ring is 1. The highest BCUT2D eigenvalue weighted by Gasteiger charge is 2.17. The van der Waals surface area contributed by atoms with E-state index in [4.69, 9.17) is 10.2 Å². The van der Waals surface area contributed by atoms with Crippen LogP contribution >= 0.6 is 0 Å². The van der Waals surface area contributed by atoms with Crippen molar-refractivity contribution < 1.29 is 4.42 Å². The number of hydrogen-bond donors (Lipinski definition) is 3. The largest absolute Gasteiger partial charge is 0.417 e. The Labute approximate surface area is 118 Å². The van der Waals surface area contributed by atoms with Gasteiger partial charge in [0.25, 0.3) is 0 Å². The summed E-state index contributed by atoms with van der Waals surface area (Å²) in [4.78, 5) is 13.8. The minimum Gasteiger partial charge on any atom is -0.408 e. The Kier molecular flexibility index (Phi) is 4.06. The zero-order valence-electron chi connectivity index (χ0n) is 12.5. The lowest BCUT2D eigenvalue weighted by atomic mass is 9.85. The molecule has 0 atom stereocenters. The lowest BCUT2D eigenvalue weighted by Crippen LogP contribution is -2.24. The average Bonchev–Trinajstić information content (AvgIpc) is 2.67. The predicted octanol–water partition coefficient (Wildman–Crippen LogP) is 3.04. The standard InChI is InChI=1S/C15H23N3O2/c1-8(2)10(9(3)4)7-17-12-6-13-14(5-11(12)16)20-15(19)18-13/h5-6,8-10,17H,7,16H2,1-4H3,(H,18,19). The molecule has 2 rings (SSSR count). The first-order chi connectivity index (χ1) is 9.38. The average molecular weight is 277 g/mol. The third kappa shape index (κ3) is 2.98. The van der Waals surface area contributed by atoms with Crippen LogP contribution in [-0.4, -0.2) is 11.5 Å². The predicted molar refractivity (Wildman–Crippen MR) is 82.9 cm³/mol. The first kappa shape index (κ1) is 14.5. The molecule has 0 spiro atoms. The molecule has 0 aliphatic carbocycles. The van der Waals surface area contributed by atoms with Gasteiger partial charge in [0.15, 0.2) is 5.58 Å². The van der Waals surface area contributed by atoms with Crippen molar-refractivity contribution in [2.45, 2.75) is 27.7 Å². The second kappa shape index (κ2) is 5.61. The number of rotatable bonds is 5. The highest BCUT2D eigenvalue weighted by molar-refractivity contribution is 5.85. The number of H-pyrrole nitrogens is 1. The number of nitrogens with two attached hydrogens (primary N) is 1. The molecule has 0 fully saturated rings. The molecule has 5 nitrogen and oxygen atoms in total. The van der Waals surface area contributed by atoms with Crippen LogP contribution in [0.1, 0.15) is 27.7 Å². The number of anilines is 2. The van der Waals surface area contributed by atoms with E-state index in [0.717, 1.165) is 12.2 Å². The van der Waals surface area contributed by atoms with Gasteiger partial charge in [-0.2, -0.15) is 0 Å². The van der Waals surface area contributed by atoms with Crippen molar-refractivity contribution in [3.63, 3.8) is 0 Å². The molecule has 0 saturated heterocycles. The number of hydrogen-bond acceptors (Lipinski definition) is 4. The van der Waals surface area contributed by atoms with E-state index in [1.807, 2.05) is 6.07 Å². The summed E-state index contributed by atoms with van der Waals surface area (Å²) in [7, 11) is 0. The van der Waals surface area contributed by atoms with Crippen molar-refractivity contribution in [2.75, 3.05) is 17.6 Å². The fourth-order valence-electron chi connectivity index (χ4n) is 2.64. The van der Waals surface area contributed by atoms with Crippen LogP contribution in [0.15, 0.2) is 21.3 Å². The number of nitrogens with one attached hydrogen (secondary N) is 2. The third-order valence-corrected chi connectivity index (χ3v) is 3.83. The summed E-state index contributed by atoms with van der Waals surface area (Å²) in [6.45, 7) is 9.77. The molecule has 20 heavy (non-hydrogen) atoms. The summed E-state index contributed by atoms with van der Waals surface area (Å²) in [5, 5.41) is 3.39. The Morgan fingerprint density at radius 1 is 1.25 bits per heavy atom. The van der Waals surface area contributed by atoms with E-state index in [-0.39, 0.29) is 0 Å². The summed E-state index contributed by atoms with van der Waals surface area (Å²) in [5.41, 5.74) is 8.57. The monoisotopic (exact) mass is 277 g/mol. The smallest absolute Gasteiger partial charge is 0.408 e. The zero-order valence-corrected chi connectivity index (χ0v) is 12.5. The van der Waals surface area contributed by atoms with Crippen LogP contribution in [0.3, 0.4) is 0 Å². The molecule has 0 unspecified atom stereocenters.